The zero-order valence-corrected chi connectivity index (χ0v) is 14.8. The van der Waals surface area contributed by atoms with Crippen LogP contribution in [-0.4, -0.2) is 42.1 Å². The number of amides is 1. The van der Waals surface area contributed by atoms with E-state index in [0.717, 1.165) is 6.54 Å². The molecule has 1 aromatic carbocycles. The van der Waals surface area contributed by atoms with E-state index in [0.29, 0.717) is 37.3 Å². The summed E-state index contributed by atoms with van der Waals surface area (Å²) < 4.78 is 10.4. The number of hydrogen-bond donors (Lipinski definition) is 1. The summed E-state index contributed by atoms with van der Waals surface area (Å²) in [4.78, 5) is 18.7. The standard InChI is InChI=1S/C19H25N3O3/c1-14-3-5-15(6-4-14)11-22(16-7-8-16)12-18-21-17(13-25-18)19(23)20-9-10-24-2/h3-6,13,16H,7-12H2,1-2H3,(H,20,23). The predicted molar refractivity (Wildman–Crippen MR) is 94.2 cm³/mol. The lowest BCUT2D eigenvalue weighted by Crippen LogP contribution is -2.27. The molecule has 1 fully saturated rings. The number of benzene rings is 1. The Bertz CT molecular complexity index is 692. The van der Waals surface area contributed by atoms with Gasteiger partial charge in [-0.15, -0.1) is 0 Å². The van der Waals surface area contributed by atoms with Crippen molar-refractivity contribution in [3.63, 3.8) is 0 Å². The number of carbonyl (C=O) groups is 1. The molecule has 1 aliphatic carbocycles. The lowest BCUT2D eigenvalue weighted by molar-refractivity contribution is 0.0932. The highest BCUT2D eigenvalue weighted by Crippen LogP contribution is 2.29. The van der Waals surface area contributed by atoms with Crippen molar-refractivity contribution < 1.29 is 13.9 Å². The number of ether oxygens (including phenoxy) is 1. The average Bonchev–Trinajstić information content (AvgIpc) is 3.35. The molecule has 0 aliphatic heterocycles. The van der Waals surface area contributed by atoms with Gasteiger partial charge in [-0.3, -0.25) is 9.69 Å². The van der Waals surface area contributed by atoms with E-state index in [4.69, 9.17) is 9.15 Å². The minimum atomic E-state index is -0.233. The molecule has 6 nitrogen and oxygen atoms in total. The van der Waals surface area contributed by atoms with Crippen LogP contribution in [0.5, 0.6) is 0 Å². The van der Waals surface area contributed by atoms with Crippen molar-refractivity contribution in [2.24, 2.45) is 0 Å². The minimum Gasteiger partial charge on any atom is -0.447 e. The van der Waals surface area contributed by atoms with Crippen LogP contribution in [-0.2, 0) is 17.8 Å². The maximum atomic E-state index is 12.0. The minimum absolute atomic E-state index is 0.233. The number of nitrogens with zero attached hydrogens (tertiary/aromatic N) is 2. The van der Waals surface area contributed by atoms with Gasteiger partial charge in [-0.1, -0.05) is 29.8 Å². The molecule has 1 N–H and O–H groups in total. The fourth-order valence-corrected chi connectivity index (χ4v) is 2.70. The van der Waals surface area contributed by atoms with Gasteiger partial charge in [0.05, 0.1) is 13.2 Å². The molecule has 1 saturated carbocycles. The van der Waals surface area contributed by atoms with Crippen molar-refractivity contribution in [3.05, 3.63) is 53.2 Å². The molecule has 1 amide bonds. The number of oxazole rings is 1. The number of carbonyl (C=O) groups excluding carboxylic acids is 1. The summed E-state index contributed by atoms with van der Waals surface area (Å²) in [6.45, 7) is 4.50. The van der Waals surface area contributed by atoms with Crippen LogP contribution in [0, 0.1) is 6.92 Å². The molecule has 134 valence electrons. The first kappa shape index (κ1) is 17.6. The normalized spacial score (nSPS) is 14.0. The highest BCUT2D eigenvalue weighted by molar-refractivity contribution is 5.91. The van der Waals surface area contributed by atoms with Crippen molar-refractivity contribution in [2.45, 2.75) is 38.9 Å². The Morgan fingerprint density at radius 1 is 1.32 bits per heavy atom. The van der Waals surface area contributed by atoms with E-state index in [9.17, 15) is 4.79 Å². The van der Waals surface area contributed by atoms with Crippen molar-refractivity contribution in [1.82, 2.24) is 15.2 Å². The van der Waals surface area contributed by atoms with E-state index in [-0.39, 0.29) is 5.91 Å². The quantitative estimate of drug-likeness (QED) is 0.709. The molecule has 0 radical (unpaired) electrons. The second-order valence-electron chi connectivity index (χ2n) is 6.50. The Balaban J connectivity index is 1.59. The number of methoxy groups -OCH3 is 1. The largest absolute Gasteiger partial charge is 0.447 e. The monoisotopic (exact) mass is 343 g/mol. The maximum Gasteiger partial charge on any atom is 0.273 e. The van der Waals surface area contributed by atoms with Gasteiger partial charge < -0.3 is 14.5 Å². The van der Waals surface area contributed by atoms with E-state index in [1.165, 1.54) is 30.2 Å². The van der Waals surface area contributed by atoms with Gasteiger partial charge in [0.1, 0.15) is 6.26 Å². The van der Waals surface area contributed by atoms with Crippen LogP contribution in [0.4, 0.5) is 0 Å². The third-order valence-corrected chi connectivity index (χ3v) is 4.28. The molecular weight excluding hydrogens is 318 g/mol. The predicted octanol–water partition coefficient (Wildman–Crippen LogP) is 2.52. The molecule has 2 aromatic rings. The molecule has 0 spiro atoms. The van der Waals surface area contributed by atoms with Crippen molar-refractivity contribution >= 4 is 5.91 Å². The van der Waals surface area contributed by atoms with Crippen LogP contribution < -0.4 is 5.32 Å². The molecule has 25 heavy (non-hydrogen) atoms. The third-order valence-electron chi connectivity index (χ3n) is 4.28. The van der Waals surface area contributed by atoms with Gasteiger partial charge in [0.2, 0.25) is 5.89 Å². The van der Waals surface area contributed by atoms with Crippen molar-refractivity contribution in [2.75, 3.05) is 20.3 Å². The Morgan fingerprint density at radius 3 is 2.76 bits per heavy atom. The molecular formula is C19H25N3O3. The summed E-state index contributed by atoms with van der Waals surface area (Å²) in [5.74, 6) is 0.347. The van der Waals surface area contributed by atoms with Crippen LogP contribution in [0.15, 0.2) is 34.9 Å². The van der Waals surface area contributed by atoms with E-state index in [1.807, 2.05) is 0 Å². The third kappa shape index (κ3) is 5.14. The SMILES string of the molecule is COCCNC(=O)c1coc(CN(Cc2ccc(C)cc2)C2CC2)n1. The lowest BCUT2D eigenvalue weighted by Gasteiger charge is -2.20. The molecule has 6 heteroatoms. The fourth-order valence-electron chi connectivity index (χ4n) is 2.70. The van der Waals surface area contributed by atoms with Crippen LogP contribution >= 0.6 is 0 Å². The van der Waals surface area contributed by atoms with E-state index in [2.05, 4.69) is 46.4 Å². The molecule has 1 aromatic heterocycles. The summed E-state index contributed by atoms with van der Waals surface area (Å²) in [7, 11) is 1.60. The van der Waals surface area contributed by atoms with Crippen LogP contribution in [0.25, 0.3) is 0 Å². The van der Waals surface area contributed by atoms with Crippen LogP contribution in [0.2, 0.25) is 0 Å². The second kappa shape index (κ2) is 8.27. The molecule has 0 atom stereocenters. The van der Waals surface area contributed by atoms with Gasteiger partial charge in [-0.25, -0.2) is 4.98 Å². The maximum absolute atomic E-state index is 12.0. The van der Waals surface area contributed by atoms with E-state index < -0.39 is 0 Å². The fraction of sp³-hybridized carbons (Fsp3) is 0.474. The number of hydrogen-bond acceptors (Lipinski definition) is 5. The Kier molecular flexibility index (Phi) is 5.83. The zero-order valence-electron chi connectivity index (χ0n) is 14.8. The summed E-state index contributed by atoms with van der Waals surface area (Å²) in [6, 6.07) is 9.17. The first-order valence-corrected chi connectivity index (χ1v) is 8.67. The van der Waals surface area contributed by atoms with Crippen LogP contribution in [0.3, 0.4) is 0 Å². The summed E-state index contributed by atoms with van der Waals surface area (Å²) in [5.41, 5.74) is 2.86. The number of rotatable bonds is 9. The van der Waals surface area contributed by atoms with E-state index >= 15 is 0 Å². The Hall–Kier alpha value is -2.18. The highest BCUT2D eigenvalue weighted by atomic mass is 16.5. The molecule has 0 bridgehead atoms. The van der Waals surface area contributed by atoms with E-state index in [1.54, 1.807) is 7.11 Å². The molecule has 0 unspecified atom stereocenters. The van der Waals surface area contributed by atoms with Gasteiger partial charge in [0, 0.05) is 26.2 Å². The molecule has 0 saturated heterocycles. The van der Waals surface area contributed by atoms with Gasteiger partial charge in [-0.2, -0.15) is 0 Å². The second-order valence-corrected chi connectivity index (χ2v) is 6.50. The smallest absolute Gasteiger partial charge is 0.273 e. The van der Waals surface area contributed by atoms with Crippen molar-refractivity contribution in [3.8, 4) is 0 Å². The summed E-state index contributed by atoms with van der Waals surface area (Å²) in [5, 5.41) is 2.75. The number of aryl methyl sites for hydroxylation is 1. The molecule has 1 heterocycles. The first-order valence-electron chi connectivity index (χ1n) is 8.67. The van der Waals surface area contributed by atoms with Crippen molar-refractivity contribution in [1.29, 1.82) is 0 Å². The zero-order chi connectivity index (χ0) is 17.6. The van der Waals surface area contributed by atoms with Gasteiger partial charge in [0.15, 0.2) is 5.69 Å². The molecule has 1 aliphatic rings. The Morgan fingerprint density at radius 2 is 2.08 bits per heavy atom. The topological polar surface area (TPSA) is 67.6 Å². The lowest BCUT2D eigenvalue weighted by atomic mass is 10.1. The summed E-state index contributed by atoms with van der Waals surface area (Å²) >= 11 is 0. The highest BCUT2D eigenvalue weighted by Gasteiger charge is 2.30. The van der Waals surface area contributed by atoms with Gasteiger partial charge in [-0.05, 0) is 25.3 Å². The first-order chi connectivity index (χ1) is 12.2. The van der Waals surface area contributed by atoms with Gasteiger partial charge in [0.25, 0.3) is 5.91 Å². The number of nitrogens with one attached hydrogen (secondary N) is 1. The van der Waals surface area contributed by atoms with Crippen LogP contribution in [0.1, 0.15) is 40.3 Å². The summed E-state index contributed by atoms with van der Waals surface area (Å²) in [6.07, 6.45) is 3.84. The van der Waals surface area contributed by atoms with Gasteiger partial charge >= 0.3 is 0 Å². The Labute approximate surface area is 148 Å². The average molecular weight is 343 g/mol. The number of aromatic nitrogens is 1. The molecule has 3 rings (SSSR count).